The molecule has 0 atom stereocenters. The van der Waals surface area contributed by atoms with Crippen LogP contribution in [0.2, 0.25) is 19.6 Å². The third-order valence-electron chi connectivity index (χ3n) is 3.79. The van der Waals surface area contributed by atoms with Gasteiger partial charge in [-0.3, -0.25) is 4.68 Å². The first kappa shape index (κ1) is 15.0. The van der Waals surface area contributed by atoms with Crippen molar-refractivity contribution in [3.05, 3.63) is 47.3 Å². The Bertz CT molecular complexity index is 562. The maximum absolute atomic E-state index is 4.69. The Morgan fingerprint density at radius 2 is 1.65 bits per heavy atom. The number of benzene rings is 1. The van der Waals surface area contributed by atoms with Crippen LogP contribution in [0.3, 0.4) is 0 Å². The molecule has 2 aromatic rings. The van der Waals surface area contributed by atoms with Gasteiger partial charge in [0, 0.05) is 5.69 Å². The zero-order valence-electron chi connectivity index (χ0n) is 13.4. The molecule has 0 aliphatic rings. The largest absolute Gasteiger partial charge is 0.265 e. The van der Waals surface area contributed by atoms with Crippen LogP contribution in [0, 0.1) is 0 Å². The number of rotatable bonds is 5. The lowest BCUT2D eigenvalue weighted by Gasteiger charge is -2.17. The summed E-state index contributed by atoms with van der Waals surface area (Å²) in [5.41, 5.74) is 3.86. The molecule has 0 aliphatic heterocycles. The number of hydrogen-bond donors (Lipinski definition) is 0. The van der Waals surface area contributed by atoms with Gasteiger partial charge in [0.25, 0.3) is 0 Å². The highest BCUT2D eigenvalue weighted by Gasteiger charge is 2.15. The van der Waals surface area contributed by atoms with Gasteiger partial charge in [0.1, 0.15) is 0 Å². The van der Waals surface area contributed by atoms with E-state index in [-0.39, 0.29) is 0 Å². The summed E-state index contributed by atoms with van der Waals surface area (Å²) in [6, 6.07) is 11.4. The lowest BCUT2D eigenvalue weighted by molar-refractivity contribution is 0.640. The molecular formula is C17H26N2Si. The van der Waals surface area contributed by atoms with Crippen molar-refractivity contribution in [1.29, 1.82) is 0 Å². The smallest absolute Gasteiger partial charge is 0.0775 e. The van der Waals surface area contributed by atoms with Crippen LogP contribution in [0.1, 0.15) is 30.8 Å². The van der Waals surface area contributed by atoms with Crippen molar-refractivity contribution in [2.24, 2.45) is 0 Å². The number of aryl methyl sites for hydroxylation is 2. The number of aromatic nitrogens is 2. The van der Waals surface area contributed by atoms with E-state index < -0.39 is 8.07 Å². The van der Waals surface area contributed by atoms with Crippen molar-refractivity contribution >= 4 is 13.3 Å². The van der Waals surface area contributed by atoms with Crippen molar-refractivity contribution in [2.45, 2.75) is 52.9 Å². The molecule has 0 bridgehead atoms. The second kappa shape index (κ2) is 5.96. The van der Waals surface area contributed by atoms with Gasteiger partial charge in [-0.05, 0) is 24.5 Å². The van der Waals surface area contributed by atoms with Gasteiger partial charge in [0.15, 0.2) is 0 Å². The molecule has 108 valence electrons. The Morgan fingerprint density at radius 1 is 1.00 bits per heavy atom. The monoisotopic (exact) mass is 286 g/mol. The molecule has 0 N–H and O–H groups in total. The van der Waals surface area contributed by atoms with Crippen molar-refractivity contribution in [3.63, 3.8) is 0 Å². The highest BCUT2D eigenvalue weighted by Crippen LogP contribution is 2.10. The van der Waals surface area contributed by atoms with Gasteiger partial charge < -0.3 is 0 Å². The molecule has 0 radical (unpaired) electrons. The van der Waals surface area contributed by atoms with Crippen LogP contribution in [-0.4, -0.2) is 17.9 Å². The molecule has 20 heavy (non-hydrogen) atoms. The normalized spacial score (nSPS) is 11.8. The third-order valence-corrected chi connectivity index (χ3v) is 5.86. The van der Waals surface area contributed by atoms with Crippen LogP contribution in [0.5, 0.6) is 0 Å². The first-order chi connectivity index (χ1) is 9.44. The van der Waals surface area contributed by atoms with Gasteiger partial charge in [-0.15, -0.1) is 0 Å². The molecule has 0 fully saturated rings. The summed E-state index contributed by atoms with van der Waals surface area (Å²) in [7, 11) is -1.19. The quantitative estimate of drug-likeness (QED) is 0.768. The number of nitrogens with zero attached hydrogens (tertiary/aromatic N) is 2. The Morgan fingerprint density at radius 3 is 2.15 bits per heavy atom. The fourth-order valence-electron chi connectivity index (χ4n) is 2.39. The summed E-state index contributed by atoms with van der Waals surface area (Å²) in [6.07, 6.45) is 2.05. The lowest BCUT2D eigenvalue weighted by Crippen LogP contribution is -2.37. The lowest BCUT2D eigenvalue weighted by atomic mass is 10.2. The highest BCUT2D eigenvalue weighted by molar-refractivity contribution is 6.88. The van der Waals surface area contributed by atoms with Gasteiger partial charge in [-0.1, -0.05) is 62.9 Å². The van der Waals surface area contributed by atoms with Gasteiger partial charge in [-0.25, -0.2) is 0 Å². The van der Waals surface area contributed by atoms with E-state index in [2.05, 4.69) is 68.5 Å². The van der Waals surface area contributed by atoms with Gasteiger partial charge >= 0.3 is 0 Å². The maximum atomic E-state index is 4.69. The predicted molar refractivity (Wildman–Crippen MR) is 89.5 cm³/mol. The predicted octanol–water partition coefficient (Wildman–Crippen LogP) is 3.60. The van der Waals surface area contributed by atoms with E-state index >= 15 is 0 Å². The Hall–Kier alpha value is -1.35. The summed E-state index contributed by atoms with van der Waals surface area (Å²) in [6.45, 7) is 12.4. The second-order valence-corrected chi connectivity index (χ2v) is 11.5. The summed E-state index contributed by atoms with van der Waals surface area (Å²) >= 11 is 0. The molecular weight excluding hydrogens is 260 g/mol. The fraction of sp³-hybridized carbons (Fsp3) is 0.471. The van der Waals surface area contributed by atoms with E-state index in [0.29, 0.717) is 0 Å². The molecule has 0 amide bonds. The van der Waals surface area contributed by atoms with E-state index in [0.717, 1.165) is 19.4 Å². The molecule has 1 aromatic carbocycles. The summed E-state index contributed by atoms with van der Waals surface area (Å²) < 4.78 is 2.16. The Kier molecular flexibility index (Phi) is 4.48. The van der Waals surface area contributed by atoms with Crippen molar-refractivity contribution < 1.29 is 0 Å². The SMILES string of the molecule is CCc1cc(CC)n(Cc2ccc([Si](C)(C)C)cc2)n1. The molecule has 0 unspecified atom stereocenters. The number of hydrogen-bond acceptors (Lipinski definition) is 1. The van der Waals surface area contributed by atoms with Crippen molar-refractivity contribution in [1.82, 2.24) is 9.78 Å². The maximum Gasteiger partial charge on any atom is 0.0775 e. The molecule has 0 saturated heterocycles. The highest BCUT2D eigenvalue weighted by atomic mass is 28.3. The molecule has 2 rings (SSSR count). The first-order valence-corrected chi connectivity index (χ1v) is 11.1. The first-order valence-electron chi connectivity index (χ1n) is 7.59. The van der Waals surface area contributed by atoms with Crippen LogP contribution in [0.15, 0.2) is 30.3 Å². The second-order valence-electron chi connectivity index (χ2n) is 6.44. The minimum atomic E-state index is -1.19. The summed E-state index contributed by atoms with van der Waals surface area (Å²) in [4.78, 5) is 0. The molecule has 1 aromatic heterocycles. The Balaban J connectivity index is 2.20. The molecule has 2 nitrogen and oxygen atoms in total. The minimum absolute atomic E-state index is 0.884. The van der Waals surface area contributed by atoms with Gasteiger partial charge in [0.05, 0.1) is 20.3 Å². The van der Waals surface area contributed by atoms with E-state index in [1.807, 2.05) is 0 Å². The van der Waals surface area contributed by atoms with Crippen LogP contribution in [0.25, 0.3) is 0 Å². The molecule has 0 aliphatic carbocycles. The zero-order chi connectivity index (χ0) is 14.8. The molecule has 0 spiro atoms. The summed E-state index contributed by atoms with van der Waals surface area (Å²) in [5.74, 6) is 0. The third kappa shape index (κ3) is 3.40. The Labute approximate surface area is 123 Å². The van der Waals surface area contributed by atoms with Crippen LogP contribution >= 0.6 is 0 Å². The molecule has 3 heteroatoms. The average molecular weight is 286 g/mol. The van der Waals surface area contributed by atoms with E-state index in [9.17, 15) is 0 Å². The van der Waals surface area contributed by atoms with E-state index in [1.165, 1.54) is 22.1 Å². The van der Waals surface area contributed by atoms with Gasteiger partial charge in [0.2, 0.25) is 0 Å². The van der Waals surface area contributed by atoms with E-state index in [4.69, 9.17) is 5.10 Å². The van der Waals surface area contributed by atoms with Gasteiger partial charge in [-0.2, -0.15) is 5.10 Å². The summed E-state index contributed by atoms with van der Waals surface area (Å²) in [5, 5.41) is 6.21. The minimum Gasteiger partial charge on any atom is -0.265 e. The standard InChI is InChI=1S/C17H26N2Si/c1-6-15-12-16(7-2)19(18-15)13-14-8-10-17(11-9-14)20(3,4)5/h8-12H,6-7,13H2,1-5H3. The van der Waals surface area contributed by atoms with Crippen molar-refractivity contribution in [3.8, 4) is 0 Å². The fourth-order valence-corrected chi connectivity index (χ4v) is 3.56. The molecule has 0 saturated carbocycles. The zero-order valence-corrected chi connectivity index (χ0v) is 14.4. The van der Waals surface area contributed by atoms with Crippen molar-refractivity contribution in [2.75, 3.05) is 0 Å². The average Bonchev–Trinajstić information content (AvgIpc) is 2.80. The van der Waals surface area contributed by atoms with Crippen LogP contribution in [0.4, 0.5) is 0 Å². The van der Waals surface area contributed by atoms with Crippen LogP contribution in [-0.2, 0) is 19.4 Å². The van der Waals surface area contributed by atoms with E-state index in [1.54, 1.807) is 0 Å². The topological polar surface area (TPSA) is 17.8 Å². The van der Waals surface area contributed by atoms with Crippen LogP contribution < -0.4 is 5.19 Å². The molecule has 1 heterocycles.